The fourth-order valence-electron chi connectivity index (χ4n) is 1.42. The van der Waals surface area contributed by atoms with Crippen LogP contribution in [0.4, 0.5) is 0 Å². The number of thiophene rings is 1. The summed E-state index contributed by atoms with van der Waals surface area (Å²) in [4.78, 5) is 1.43. The van der Waals surface area contributed by atoms with Crippen LogP contribution in [0.5, 0.6) is 0 Å². The maximum absolute atomic E-state index is 5.89. The Morgan fingerprint density at radius 2 is 2.23 bits per heavy atom. The van der Waals surface area contributed by atoms with E-state index in [2.05, 4.69) is 41.9 Å². The smallest absolute Gasteiger partial charge is 0.0701 e. The van der Waals surface area contributed by atoms with Gasteiger partial charge in [0.25, 0.3) is 0 Å². The SMILES string of the molecule is CCC(Cc1ccc(Br)s1)C(C)N. The average Bonchev–Trinajstić information content (AvgIpc) is 2.46. The molecular weight excluding hydrogens is 246 g/mol. The summed E-state index contributed by atoms with van der Waals surface area (Å²) in [6.07, 6.45) is 2.28. The van der Waals surface area contributed by atoms with Gasteiger partial charge in [-0.3, -0.25) is 0 Å². The Morgan fingerprint density at radius 3 is 2.62 bits per heavy atom. The Balaban J connectivity index is 2.56. The van der Waals surface area contributed by atoms with Crippen molar-refractivity contribution in [1.29, 1.82) is 0 Å². The van der Waals surface area contributed by atoms with Crippen molar-refractivity contribution >= 4 is 27.3 Å². The van der Waals surface area contributed by atoms with Crippen LogP contribution < -0.4 is 5.73 Å². The van der Waals surface area contributed by atoms with E-state index in [9.17, 15) is 0 Å². The highest BCUT2D eigenvalue weighted by Crippen LogP contribution is 2.25. The molecule has 1 aromatic heterocycles. The van der Waals surface area contributed by atoms with Crippen molar-refractivity contribution in [1.82, 2.24) is 0 Å². The first kappa shape index (κ1) is 11.2. The zero-order valence-corrected chi connectivity index (χ0v) is 10.5. The van der Waals surface area contributed by atoms with Crippen molar-refractivity contribution in [3.63, 3.8) is 0 Å². The number of hydrogen-bond acceptors (Lipinski definition) is 2. The first-order chi connectivity index (χ1) is 6.13. The molecule has 1 nitrogen and oxygen atoms in total. The van der Waals surface area contributed by atoms with Crippen LogP contribution >= 0.6 is 27.3 Å². The highest BCUT2D eigenvalue weighted by molar-refractivity contribution is 9.11. The van der Waals surface area contributed by atoms with Crippen molar-refractivity contribution < 1.29 is 0 Å². The molecule has 0 saturated carbocycles. The van der Waals surface area contributed by atoms with Gasteiger partial charge in [-0.1, -0.05) is 13.3 Å². The van der Waals surface area contributed by atoms with E-state index in [0.29, 0.717) is 12.0 Å². The molecule has 0 aromatic carbocycles. The second-order valence-corrected chi connectivity index (χ2v) is 5.98. The van der Waals surface area contributed by atoms with Crippen molar-refractivity contribution in [2.45, 2.75) is 32.7 Å². The molecule has 0 radical (unpaired) electrons. The Hall–Kier alpha value is 0.140. The van der Waals surface area contributed by atoms with Crippen LogP contribution in [-0.4, -0.2) is 6.04 Å². The Bertz CT molecular complexity index is 257. The van der Waals surface area contributed by atoms with Crippen molar-refractivity contribution in [2.24, 2.45) is 11.7 Å². The summed E-state index contributed by atoms with van der Waals surface area (Å²) in [5.74, 6) is 0.616. The Labute approximate surface area is 92.5 Å². The van der Waals surface area contributed by atoms with Crippen LogP contribution in [0, 0.1) is 5.92 Å². The third-order valence-corrected chi connectivity index (χ3v) is 4.01. The van der Waals surface area contributed by atoms with E-state index >= 15 is 0 Å². The summed E-state index contributed by atoms with van der Waals surface area (Å²) in [5.41, 5.74) is 5.89. The second kappa shape index (κ2) is 5.13. The van der Waals surface area contributed by atoms with Crippen molar-refractivity contribution in [3.8, 4) is 0 Å². The molecule has 2 unspecified atom stereocenters. The molecule has 74 valence electrons. The largest absolute Gasteiger partial charge is 0.328 e. The minimum atomic E-state index is 0.297. The topological polar surface area (TPSA) is 26.0 Å². The predicted molar refractivity (Wildman–Crippen MR) is 63.2 cm³/mol. The fourth-order valence-corrected chi connectivity index (χ4v) is 3.00. The van der Waals surface area contributed by atoms with E-state index in [1.165, 1.54) is 8.66 Å². The first-order valence-electron chi connectivity index (χ1n) is 4.63. The molecular formula is C10H16BrNS. The minimum absolute atomic E-state index is 0.297. The Morgan fingerprint density at radius 1 is 1.54 bits per heavy atom. The maximum atomic E-state index is 5.89. The van der Waals surface area contributed by atoms with E-state index in [0.717, 1.165) is 12.8 Å². The highest BCUT2D eigenvalue weighted by Gasteiger charge is 2.12. The molecule has 0 bridgehead atoms. The van der Waals surface area contributed by atoms with Gasteiger partial charge in [0.2, 0.25) is 0 Å². The predicted octanol–water partition coefficient (Wildman–Crippen LogP) is 3.43. The first-order valence-corrected chi connectivity index (χ1v) is 6.24. The lowest BCUT2D eigenvalue weighted by molar-refractivity contribution is 0.430. The lowest BCUT2D eigenvalue weighted by Crippen LogP contribution is -2.27. The zero-order valence-electron chi connectivity index (χ0n) is 8.09. The van der Waals surface area contributed by atoms with E-state index in [4.69, 9.17) is 5.73 Å². The molecule has 0 spiro atoms. The summed E-state index contributed by atoms with van der Waals surface area (Å²) in [7, 11) is 0. The molecule has 2 N–H and O–H groups in total. The summed E-state index contributed by atoms with van der Waals surface area (Å²) in [6.45, 7) is 4.30. The van der Waals surface area contributed by atoms with Gasteiger partial charge in [0.1, 0.15) is 0 Å². The van der Waals surface area contributed by atoms with Gasteiger partial charge in [-0.15, -0.1) is 11.3 Å². The molecule has 13 heavy (non-hydrogen) atoms. The average molecular weight is 262 g/mol. The van der Waals surface area contributed by atoms with E-state index in [1.54, 1.807) is 0 Å². The molecule has 0 fully saturated rings. The summed E-state index contributed by atoms with van der Waals surface area (Å²) >= 11 is 5.28. The lowest BCUT2D eigenvalue weighted by Gasteiger charge is -2.17. The summed E-state index contributed by atoms with van der Waals surface area (Å²) < 4.78 is 1.21. The van der Waals surface area contributed by atoms with Crippen molar-refractivity contribution in [2.75, 3.05) is 0 Å². The highest BCUT2D eigenvalue weighted by atomic mass is 79.9. The van der Waals surface area contributed by atoms with Crippen LogP contribution in [-0.2, 0) is 6.42 Å². The minimum Gasteiger partial charge on any atom is -0.328 e. The van der Waals surface area contributed by atoms with Gasteiger partial charge in [-0.05, 0) is 47.3 Å². The van der Waals surface area contributed by atoms with Gasteiger partial charge < -0.3 is 5.73 Å². The van der Waals surface area contributed by atoms with Crippen molar-refractivity contribution in [3.05, 3.63) is 20.8 Å². The number of halogens is 1. The van der Waals surface area contributed by atoms with Crippen LogP contribution in [0.25, 0.3) is 0 Å². The molecule has 1 aromatic rings. The lowest BCUT2D eigenvalue weighted by atomic mass is 9.95. The normalized spacial score (nSPS) is 15.7. The number of rotatable bonds is 4. The molecule has 0 amide bonds. The summed E-state index contributed by atoms with van der Waals surface area (Å²) in [6, 6.07) is 4.58. The number of nitrogens with two attached hydrogens (primary N) is 1. The van der Waals surface area contributed by atoms with Gasteiger partial charge in [0.15, 0.2) is 0 Å². The molecule has 0 saturated heterocycles. The molecule has 0 aliphatic heterocycles. The van der Waals surface area contributed by atoms with Gasteiger partial charge in [0.05, 0.1) is 3.79 Å². The van der Waals surface area contributed by atoms with Crippen LogP contribution in [0.2, 0.25) is 0 Å². The molecule has 0 aliphatic rings. The number of hydrogen-bond donors (Lipinski definition) is 1. The van der Waals surface area contributed by atoms with Gasteiger partial charge >= 0.3 is 0 Å². The van der Waals surface area contributed by atoms with Crippen LogP contribution in [0.3, 0.4) is 0 Å². The van der Waals surface area contributed by atoms with E-state index < -0.39 is 0 Å². The van der Waals surface area contributed by atoms with E-state index in [-0.39, 0.29) is 0 Å². The molecule has 3 heteroatoms. The fraction of sp³-hybridized carbons (Fsp3) is 0.600. The van der Waals surface area contributed by atoms with Crippen LogP contribution in [0.1, 0.15) is 25.1 Å². The third-order valence-electron chi connectivity index (χ3n) is 2.36. The maximum Gasteiger partial charge on any atom is 0.0701 e. The monoisotopic (exact) mass is 261 g/mol. The molecule has 0 aliphatic carbocycles. The van der Waals surface area contributed by atoms with Crippen LogP contribution in [0.15, 0.2) is 15.9 Å². The zero-order chi connectivity index (χ0) is 9.84. The summed E-state index contributed by atoms with van der Waals surface area (Å²) in [5, 5.41) is 0. The second-order valence-electron chi connectivity index (χ2n) is 3.44. The van der Waals surface area contributed by atoms with Gasteiger partial charge in [-0.2, -0.15) is 0 Å². The standard InChI is InChI=1S/C10H16BrNS/c1-3-8(7(2)12)6-9-4-5-10(11)13-9/h4-5,7-8H,3,6,12H2,1-2H3. The van der Waals surface area contributed by atoms with Gasteiger partial charge in [0, 0.05) is 10.9 Å². The molecule has 2 atom stereocenters. The molecule has 1 rings (SSSR count). The molecule has 1 heterocycles. The van der Waals surface area contributed by atoms with Gasteiger partial charge in [-0.25, -0.2) is 0 Å². The Kier molecular flexibility index (Phi) is 4.42. The van der Waals surface area contributed by atoms with E-state index in [1.807, 2.05) is 11.3 Å². The third kappa shape index (κ3) is 3.41. The quantitative estimate of drug-likeness (QED) is 0.883.